The molecule has 0 saturated heterocycles. The first-order valence-corrected chi connectivity index (χ1v) is 8.22. The van der Waals surface area contributed by atoms with Crippen LogP contribution in [0.4, 0.5) is 5.69 Å². The van der Waals surface area contributed by atoms with Crippen LogP contribution in [-0.2, 0) is 22.4 Å². The smallest absolute Gasteiger partial charge is 0.326 e. The minimum atomic E-state index is -1.07. The van der Waals surface area contributed by atoms with Gasteiger partial charge < -0.3 is 16.2 Å². The zero-order chi connectivity index (χ0) is 18.5. The Labute approximate surface area is 150 Å². The van der Waals surface area contributed by atoms with Crippen molar-refractivity contribution < 1.29 is 14.7 Å². The molecule has 0 saturated carbocycles. The number of hydrogen-bond donors (Lipinski definition) is 3. The number of carboxylic acids is 1. The summed E-state index contributed by atoms with van der Waals surface area (Å²) in [6, 6.07) is 17.2. The molecule has 132 valence electrons. The van der Waals surface area contributed by atoms with Gasteiger partial charge in [0, 0.05) is 17.5 Å². The van der Waals surface area contributed by atoms with E-state index in [0.717, 1.165) is 16.5 Å². The van der Waals surface area contributed by atoms with E-state index in [9.17, 15) is 14.7 Å². The van der Waals surface area contributed by atoms with E-state index in [-0.39, 0.29) is 18.7 Å². The Hall–Kier alpha value is -3.41. The number of hydrogen-bond acceptors (Lipinski definition) is 4. The molecule has 1 aromatic heterocycles. The maximum absolute atomic E-state index is 12.3. The molecule has 1 heterocycles. The number of nitrogens with one attached hydrogen (secondary N) is 1. The molecule has 1 unspecified atom stereocenters. The molecule has 3 rings (SSSR count). The second-order valence-electron chi connectivity index (χ2n) is 6.08. The van der Waals surface area contributed by atoms with Crippen LogP contribution < -0.4 is 11.1 Å². The molecule has 4 N–H and O–H groups in total. The number of aromatic nitrogens is 1. The second-order valence-corrected chi connectivity index (χ2v) is 6.08. The fourth-order valence-corrected chi connectivity index (χ4v) is 2.74. The van der Waals surface area contributed by atoms with Gasteiger partial charge in [-0.15, -0.1) is 0 Å². The van der Waals surface area contributed by atoms with Crippen molar-refractivity contribution in [1.29, 1.82) is 0 Å². The van der Waals surface area contributed by atoms with Crippen LogP contribution in [0, 0.1) is 0 Å². The first-order chi connectivity index (χ1) is 12.5. The predicted molar refractivity (Wildman–Crippen MR) is 99.6 cm³/mol. The van der Waals surface area contributed by atoms with Gasteiger partial charge in [0.15, 0.2) is 0 Å². The SMILES string of the molecule is Nc1ccc2nc(CC(=O)NC(Cc3ccccc3)C(=O)O)ccc2c1. The number of nitrogens with two attached hydrogens (primary N) is 1. The van der Waals surface area contributed by atoms with Gasteiger partial charge >= 0.3 is 5.97 Å². The Morgan fingerprint density at radius 3 is 2.58 bits per heavy atom. The first kappa shape index (κ1) is 17.4. The van der Waals surface area contributed by atoms with Crippen LogP contribution in [0.25, 0.3) is 10.9 Å². The third-order valence-corrected chi connectivity index (χ3v) is 4.03. The highest BCUT2D eigenvalue weighted by atomic mass is 16.4. The largest absolute Gasteiger partial charge is 0.480 e. The number of nitrogens with zero attached hydrogens (tertiary/aromatic N) is 1. The van der Waals surface area contributed by atoms with Gasteiger partial charge in [-0.2, -0.15) is 0 Å². The Balaban J connectivity index is 1.68. The van der Waals surface area contributed by atoms with Crippen LogP contribution in [0.15, 0.2) is 60.7 Å². The lowest BCUT2D eigenvalue weighted by molar-refractivity contribution is -0.141. The molecule has 2 aromatic carbocycles. The quantitative estimate of drug-likeness (QED) is 0.592. The van der Waals surface area contributed by atoms with Gasteiger partial charge in [-0.3, -0.25) is 9.78 Å². The van der Waals surface area contributed by atoms with Crippen LogP contribution in [-0.4, -0.2) is 28.0 Å². The highest BCUT2D eigenvalue weighted by Gasteiger charge is 2.20. The van der Waals surface area contributed by atoms with Crippen molar-refractivity contribution in [3.63, 3.8) is 0 Å². The number of aliphatic carboxylic acids is 1. The Morgan fingerprint density at radius 1 is 1.08 bits per heavy atom. The van der Waals surface area contributed by atoms with E-state index >= 15 is 0 Å². The van der Waals surface area contributed by atoms with E-state index < -0.39 is 12.0 Å². The van der Waals surface area contributed by atoms with Crippen molar-refractivity contribution in [3.05, 3.63) is 71.9 Å². The molecule has 0 aliphatic heterocycles. The first-order valence-electron chi connectivity index (χ1n) is 8.22. The summed E-state index contributed by atoms with van der Waals surface area (Å²) in [4.78, 5) is 28.2. The van der Waals surface area contributed by atoms with Crippen LogP contribution in [0.2, 0.25) is 0 Å². The average Bonchev–Trinajstić information content (AvgIpc) is 2.62. The molecular formula is C20H19N3O3. The molecule has 0 bridgehead atoms. The van der Waals surface area contributed by atoms with E-state index in [1.165, 1.54) is 0 Å². The van der Waals surface area contributed by atoms with Crippen LogP contribution >= 0.6 is 0 Å². The summed E-state index contributed by atoms with van der Waals surface area (Å²) in [6.45, 7) is 0. The zero-order valence-corrected chi connectivity index (χ0v) is 14.1. The fraction of sp³-hybridized carbons (Fsp3) is 0.150. The maximum atomic E-state index is 12.3. The van der Waals surface area contributed by atoms with Gasteiger partial charge in [0.2, 0.25) is 5.91 Å². The highest BCUT2D eigenvalue weighted by Crippen LogP contribution is 2.16. The molecule has 0 radical (unpaired) electrons. The van der Waals surface area contributed by atoms with Crippen LogP contribution in [0.3, 0.4) is 0 Å². The second kappa shape index (κ2) is 7.65. The lowest BCUT2D eigenvalue weighted by atomic mass is 10.1. The summed E-state index contributed by atoms with van der Waals surface area (Å²) in [5.74, 6) is -1.44. The van der Waals surface area contributed by atoms with Gasteiger partial charge in [-0.1, -0.05) is 36.4 Å². The van der Waals surface area contributed by atoms with Gasteiger partial charge in [-0.05, 0) is 29.8 Å². The molecule has 1 atom stereocenters. The summed E-state index contributed by atoms with van der Waals surface area (Å²) in [5, 5.41) is 12.8. The molecule has 3 aromatic rings. The molecule has 0 spiro atoms. The number of pyridine rings is 1. The predicted octanol–water partition coefficient (Wildman–Crippen LogP) is 2.17. The summed E-state index contributed by atoms with van der Waals surface area (Å²) in [7, 11) is 0. The van der Waals surface area contributed by atoms with E-state index in [0.29, 0.717) is 11.4 Å². The summed E-state index contributed by atoms with van der Waals surface area (Å²) in [6.07, 6.45) is 0.241. The van der Waals surface area contributed by atoms with E-state index in [1.54, 1.807) is 18.2 Å². The number of rotatable bonds is 6. The molecule has 1 amide bonds. The van der Waals surface area contributed by atoms with Crippen LogP contribution in [0.5, 0.6) is 0 Å². The van der Waals surface area contributed by atoms with Crippen LogP contribution in [0.1, 0.15) is 11.3 Å². The number of nitrogen functional groups attached to an aromatic ring is 1. The summed E-state index contributed by atoms with van der Waals surface area (Å²) < 4.78 is 0. The molecule has 0 fully saturated rings. The Kier molecular flexibility index (Phi) is 5.12. The van der Waals surface area contributed by atoms with E-state index in [2.05, 4.69) is 10.3 Å². The number of carbonyl (C=O) groups excluding carboxylic acids is 1. The lowest BCUT2D eigenvalue weighted by Crippen LogP contribution is -2.43. The standard InChI is InChI=1S/C20H19N3O3/c21-15-7-9-17-14(11-15)6-8-16(22-17)12-19(24)23-18(20(25)26)10-13-4-2-1-3-5-13/h1-9,11,18H,10,12,21H2,(H,23,24)(H,25,26). The zero-order valence-electron chi connectivity index (χ0n) is 14.1. The van der Waals surface area contributed by atoms with Crippen molar-refractivity contribution in [2.45, 2.75) is 18.9 Å². The van der Waals surface area contributed by atoms with Gasteiger partial charge in [0.25, 0.3) is 0 Å². The summed E-state index contributed by atoms with van der Waals surface area (Å²) in [5.41, 5.74) is 8.55. The highest BCUT2D eigenvalue weighted by molar-refractivity contribution is 5.86. The number of fused-ring (bicyclic) bond motifs is 1. The van der Waals surface area contributed by atoms with Gasteiger partial charge in [-0.25, -0.2) is 4.79 Å². The molecule has 0 aliphatic rings. The topological polar surface area (TPSA) is 105 Å². The summed E-state index contributed by atoms with van der Waals surface area (Å²) >= 11 is 0. The number of amides is 1. The lowest BCUT2D eigenvalue weighted by Gasteiger charge is -2.14. The monoisotopic (exact) mass is 349 g/mol. The number of carboxylic acid groups (broad SMARTS) is 1. The maximum Gasteiger partial charge on any atom is 0.326 e. The normalized spacial score (nSPS) is 11.8. The molecular weight excluding hydrogens is 330 g/mol. The van der Waals surface area contributed by atoms with Crippen molar-refractivity contribution >= 4 is 28.5 Å². The molecule has 6 nitrogen and oxygen atoms in total. The number of anilines is 1. The Morgan fingerprint density at radius 2 is 1.85 bits per heavy atom. The van der Waals surface area contributed by atoms with Crippen molar-refractivity contribution in [2.75, 3.05) is 5.73 Å². The third-order valence-electron chi connectivity index (χ3n) is 4.03. The van der Waals surface area contributed by atoms with E-state index in [1.807, 2.05) is 42.5 Å². The molecule has 6 heteroatoms. The third kappa shape index (κ3) is 4.36. The minimum absolute atomic E-state index is 0.0128. The minimum Gasteiger partial charge on any atom is -0.480 e. The van der Waals surface area contributed by atoms with Crippen molar-refractivity contribution in [1.82, 2.24) is 10.3 Å². The Bertz CT molecular complexity index is 941. The molecule has 26 heavy (non-hydrogen) atoms. The van der Waals surface area contributed by atoms with Crippen molar-refractivity contribution in [2.24, 2.45) is 0 Å². The van der Waals surface area contributed by atoms with Gasteiger partial charge in [0.1, 0.15) is 6.04 Å². The number of benzene rings is 2. The molecule has 0 aliphatic carbocycles. The average molecular weight is 349 g/mol. The van der Waals surface area contributed by atoms with Gasteiger partial charge in [0.05, 0.1) is 17.6 Å². The van der Waals surface area contributed by atoms with E-state index in [4.69, 9.17) is 5.73 Å². The number of carbonyl (C=O) groups is 2. The fourth-order valence-electron chi connectivity index (χ4n) is 2.74. The van der Waals surface area contributed by atoms with Crippen molar-refractivity contribution in [3.8, 4) is 0 Å².